The lowest BCUT2D eigenvalue weighted by Crippen LogP contribution is -2.47. The number of furan rings is 1. The standard InChI is InChI=1S/C19H30N4O5/c24-18(20-4-2-5-22-6-11-26-12-7-22)19(25)21-15-16(17-3-1-10-28-17)23-8-13-27-14-9-23/h1,3,10,16H,2,4-9,11-15H2,(H,20,24)(H,21,25). The molecule has 28 heavy (non-hydrogen) atoms. The molecule has 9 heteroatoms. The molecule has 0 spiro atoms. The minimum Gasteiger partial charge on any atom is -0.468 e. The molecule has 3 rings (SSSR count). The van der Waals surface area contributed by atoms with E-state index in [-0.39, 0.29) is 6.04 Å². The van der Waals surface area contributed by atoms with E-state index < -0.39 is 11.8 Å². The third-order valence-corrected chi connectivity index (χ3v) is 5.06. The van der Waals surface area contributed by atoms with Crippen LogP contribution in [0.2, 0.25) is 0 Å². The van der Waals surface area contributed by atoms with Gasteiger partial charge in [0.1, 0.15) is 5.76 Å². The normalized spacial score (nSPS) is 19.9. The summed E-state index contributed by atoms with van der Waals surface area (Å²) in [7, 11) is 0. The zero-order valence-corrected chi connectivity index (χ0v) is 16.2. The molecule has 2 N–H and O–H groups in total. The molecule has 0 saturated carbocycles. The first-order valence-electron chi connectivity index (χ1n) is 9.95. The Morgan fingerprint density at radius 3 is 2.36 bits per heavy atom. The predicted molar refractivity (Wildman–Crippen MR) is 102 cm³/mol. The SMILES string of the molecule is O=C(NCCCN1CCOCC1)C(=O)NCC(c1ccco1)N1CCOCC1. The lowest BCUT2D eigenvalue weighted by Gasteiger charge is -2.33. The minimum absolute atomic E-state index is 0.114. The molecule has 0 aliphatic carbocycles. The Morgan fingerprint density at radius 1 is 1.00 bits per heavy atom. The monoisotopic (exact) mass is 394 g/mol. The van der Waals surface area contributed by atoms with Crippen LogP contribution < -0.4 is 10.6 Å². The van der Waals surface area contributed by atoms with Gasteiger partial charge in [-0.25, -0.2) is 0 Å². The molecule has 1 aromatic rings. The average Bonchev–Trinajstić information content (AvgIpc) is 3.27. The smallest absolute Gasteiger partial charge is 0.309 e. The van der Waals surface area contributed by atoms with Gasteiger partial charge in [0.15, 0.2) is 0 Å². The number of rotatable bonds is 8. The summed E-state index contributed by atoms with van der Waals surface area (Å²) in [5.41, 5.74) is 0. The number of nitrogens with one attached hydrogen (secondary N) is 2. The topological polar surface area (TPSA) is 96.3 Å². The summed E-state index contributed by atoms with van der Waals surface area (Å²) in [4.78, 5) is 28.7. The maximum absolute atomic E-state index is 12.2. The summed E-state index contributed by atoms with van der Waals surface area (Å²) in [6, 6.07) is 3.60. The highest BCUT2D eigenvalue weighted by Gasteiger charge is 2.26. The quantitative estimate of drug-likeness (QED) is 0.458. The maximum Gasteiger partial charge on any atom is 0.309 e. The fraction of sp³-hybridized carbons (Fsp3) is 0.684. The van der Waals surface area contributed by atoms with Crippen molar-refractivity contribution >= 4 is 11.8 Å². The molecule has 2 aliphatic heterocycles. The van der Waals surface area contributed by atoms with Crippen LogP contribution in [0.25, 0.3) is 0 Å². The van der Waals surface area contributed by atoms with Gasteiger partial charge in [0.25, 0.3) is 0 Å². The van der Waals surface area contributed by atoms with E-state index in [0.29, 0.717) is 26.3 Å². The summed E-state index contributed by atoms with van der Waals surface area (Å²) in [6.07, 6.45) is 2.42. The number of hydrogen-bond acceptors (Lipinski definition) is 7. The number of morpholine rings is 2. The fourth-order valence-corrected chi connectivity index (χ4v) is 3.46. The Morgan fingerprint density at radius 2 is 1.68 bits per heavy atom. The maximum atomic E-state index is 12.2. The lowest BCUT2D eigenvalue weighted by molar-refractivity contribution is -0.139. The van der Waals surface area contributed by atoms with Crippen molar-refractivity contribution in [3.8, 4) is 0 Å². The van der Waals surface area contributed by atoms with Gasteiger partial charge >= 0.3 is 11.8 Å². The van der Waals surface area contributed by atoms with Gasteiger partial charge in [-0.2, -0.15) is 0 Å². The van der Waals surface area contributed by atoms with E-state index in [0.717, 1.165) is 58.1 Å². The average molecular weight is 394 g/mol. The van der Waals surface area contributed by atoms with Gasteiger partial charge in [0, 0.05) is 39.3 Å². The van der Waals surface area contributed by atoms with Crippen LogP contribution in [-0.2, 0) is 19.1 Å². The molecule has 2 amide bonds. The van der Waals surface area contributed by atoms with Crippen LogP contribution in [0.15, 0.2) is 22.8 Å². The van der Waals surface area contributed by atoms with Crippen LogP contribution in [0.4, 0.5) is 0 Å². The summed E-state index contributed by atoms with van der Waals surface area (Å²) in [5, 5.41) is 5.43. The van der Waals surface area contributed by atoms with Crippen molar-refractivity contribution in [3.63, 3.8) is 0 Å². The number of carbonyl (C=O) groups is 2. The van der Waals surface area contributed by atoms with E-state index in [9.17, 15) is 9.59 Å². The highest BCUT2D eigenvalue weighted by atomic mass is 16.5. The molecule has 0 radical (unpaired) electrons. The number of ether oxygens (including phenoxy) is 2. The van der Waals surface area contributed by atoms with Crippen molar-refractivity contribution in [3.05, 3.63) is 24.2 Å². The Kier molecular flexibility index (Phi) is 8.28. The van der Waals surface area contributed by atoms with Crippen molar-refractivity contribution in [1.82, 2.24) is 20.4 Å². The van der Waals surface area contributed by atoms with E-state index in [2.05, 4.69) is 20.4 Å². The van der Waals surface area contributed by atoms with Gasteiger partial charge in [0.05, 0.1) is 38.7 Å². The second-order valence-electron chi connectivity index (χ2n) is 6.95. The van der Waals surface area contributed by atoms with Gasteiger partial charge in [-0.3, -0.25) is 19.4 Å². The second kappa shape index (κ2) is 11.2. The molecule has 2 aliphatic rings. The van der Waals surface area contributed by atoms with E-state index >= 15 is 0 Å². The van der Waals surface area contributed by atoms with E-state index in [1.807, 2.05) is 12.1 Å². The zero-order valence-electron chi connectivity index (χ0n) is 16.2. The molecule has 9 nitrogen and oxygen atoms in total. The third kappa shape index (κ3) is 6.30. The minimum atomic E-state index is -0.615. The van der Waals surface area contributed by atoms with Gasteiger partial charge in [-0.15, -0.1) is 0 Å². The molecule has 0 bridgehead atoms. The van der Waals surface area contributed by atoms with Crippen molar-refractivity contribution in [2.24, 2.45) is 0 Å². The Labute approximate surface area is 165 Å². The molecule has 2 fully saturated rings. The third-order valence-electron chi connectivity index (χ3n) is 5.06. The van der Waals surface area contributed by atoms with Gasteiger partial charge in [-0.05, 0) is 25.1 Å². The predicted octanol–water partition coefficient (Wildman–Crippen LogP) is -0.392. The molecule has 0 aromatic carbocycles. The zero-order chi connectivity index (χ0) is 19.6. The van der Waals surface area contributed by atoms with Gasteiger partial charge in [-0.1, -0.05) is 0 Å². The van der Waals surface area contributed by atoms with E-state index in [1.165, 1.54) is 0 Å². The number of carbonyl (C=O) groups excluding carboxylic acids is 2. The highest BCUT2D eigenvalue weighted by Crippen LogP contribution is 2.21. The second-order valence-corrected chi connectivity index (χ2v) is 6.95. The first kappa shape index (κ1) is 20.8. The molecule has 1 aromatic heterocycles. The number of nitrogens with zero attached hydrogens (tertiary/aromatic N) is 2. The Balaban J connectivity index is 1.38. The Bertz CT molecular complexity index is 597. The molecule has 2 saturated heterocycles. The number of hydrogen-bond donors (Lipinski definition) is 2. The fourth-order valence-electron chi connectivity index (χ4n) is 3.46. The van der Waals surface area contributed by atoms with Crippen molar-refractivity contribution in [2.45, 2.75) is 12.5 Å². The highest BCUT2D eigenvalue weighted by molar-refractivity contribution is 6.35. The van der Waals surface area contributed by atoms with E-state index in [1.54, 1.807) is 6.26 Å². The van der Waals surface area contributed by atoms with Crippen molar-refractivity contribution in [1.29, 1.82) is 0 Å². The largest absolute Gasteiger partial charge is 0.468 e. The van der Waals surface area contributed by atoms with Crippen molar-refractivity contribution in [2.75, 3.05) is 72.2 Å². The van der Waals surface area contributed by atoms with Crippen LogP contribution in [0, 0.1) is 0 Å². The van der Waals surface area contributed by atoms with Crippen molar-refractivity contribution < 1.29 is 23.5 Å². The van der Waals surface area contributed by atoms with Crippen LogP contribution in [0.3, 0.4) is 0 Å². The first-order valence-corrected chi connectivity index (χ1v) is 9.95. The lowest BCUT2D eigenvalue weighted by atomic mass is 10.1. The summed E-state index contributed by atoms with van der Waals surface area (Å²) in [5.74, 6) is -0.438. The molecular weight excluding hydrogens is 364 g/mol. The molecule has 156 valence electrons. The van der Waals surface area contributed by atoms with Crippen LogP contribution >= 0.6 is 0 Å². The van der Waals surface area contributed by atoms with Gasteiger partial charge < -0.3 is 24.5 Å². The Hall–Kier alpha value is -1.94. The van der Waals surface area contributed by atoms with E-state index in [4.69, 9.17) is 13.9 Å². The summed E-state index contributed by atoms with van der Waals surface area (Å²) in [6.45, 7) is 7.86. The summed E-state index contributed by atoms with van der Waals surface area (Å²) >= 11 is 0. The summed E-state index contributed by atoms with van der Waals surface area (Å²) < 4.78 is 16.2. The molecular formula is C19H30N4O5. The molecule has 3 heterocycles. The van der Waals surface area contributed by atoms with Crippen LogP contribution in [0.5, 0.6) is 0 Å². The molecule has 1 atom stereocenters. The van der Waals surface area contributed by atoms with Crippen LogP contribution in [0.1, 0.15) is 18.2 Å². The number of amides is 2. The first-order chi connectivity index (χ1) is 13.7. The molecule has 1 unspecified atom stereocenters. The van der Waals surface area contributed by atoms with Crippen LogP contribution in [-0.4, -0.2) is 93.9 Å². The van der Waals surface area contributed by atoms with Gasteiger partial charge in [0.2, 0.25) is 0 Å².